The van der Waals surface area contributed by atoms with E-state index in [2.05, 4.69) is 10.6 Å². The Morgan fingerprint density at radius 2 is 1.82 bits per heavy atom. The van der Waals surface area contributed by atoms with Crippen molar-refractivity contribution in [3.63, 3.8) is 0 Å². The Balaban J connectivity index is 1.81. The van der Waals surface area contributed by atoms with Crippen LogP contribution in [0.1, 0.15) is 21.5 Å². The van der Waals surface area contributed by atoms with Gasteiger partial charge in [0, 0.05) is 33.4 Å². The number of imide groups is 1. The maximum Gasteiger partial charge on any atom is 0.258 e. The molecule has 0 fully saturated rings. The van der Waals surface area contributed by atoms with Crippen molar-refractivity contribution in [2.24, 2.45) is 0 Å². The summed E-state index contributed by atoms with van der Waals surface area (Å²) in [4.78, 5) is 23.1. The van der Waals surface area contributed by atoms with Gasteiger partial charge in [0.1, 0.15) is 0 Å². The van der Waals surface area contributed by atoms with E-state index in [1.54, 1.807) is 36.4 Å². The van der Waals surface area contributed by atoms with Crippen molar-refractivity contribution in [3.8, 4) is 0 Å². The third-order valence-electron chi connectivity index (χ3n) is 3.48. The van der Waals surface area contributed by atoms with Gasteiger partial charge in [-0.15, -0.1) is 0 Å². The zero-order valence-electron chi connectivity index (χ0n) is 11.5. The number of rotatable bonds is 3. The largest absolute Gasteiger partial charge is 0.381 e. The molecule has 2 aromatic rings. The van der Waals surface area contributed by atoms with Crippen LogP contribution in [0.3, 0.4) is 0 Å². The quantitative estimate of drug-likeness (QED) is 0.845. The smallest absolute Gasteiger partial charge is 0.258 e. The van der Waals surface area contributed by atoms with Crippen molar-refractivity contribution in [1.82, 2.24) is 5.32 Å². The van der Waals surface area contributed by atoms with Gasteiger partial charge in [-0.1, -0.05) is 29.3 Å². The van der Waals surface area contributed by atoms with Crippen LogP contribution in [-0.4, -0.2) is 11.8 Å². The molecular formula is C16H12Cl2N2O2. The average molecular weight is 335 g/mol. The van der Waals surface area contributed by atoms with Gasteiger partial charge in [-0.05, 0) is 35.9 Å². The first kappa shape index (κ1) is 14.9. The molecule has 0 unspecified atom stereocenters. The van der Waals surface area contributed by atoms with E-state index < -0.39 is 0 Å². The first-order chi connectivity index (χ1) is 10.5. The molecule has 0 aliphatic carbocycles. The van der Waals surface area contributed by atoms with Gasteiger partial charge in [-0.2, -0.15) is 0 Å². The van der Waals surface area contributed by atoms with Gasteiger partial charge in [0.25, 0.3) is 5.91 Å². The van der Waals surface area contributed by atoms with Crippen LogP contribution in [0.5, 0.6) is 0 Å². The van der Waals surface area contributed by atoms with Crippen LogP contribution < -0.4 is 10.6 Å². The maximum atomic E-state index is 11.7. The van der Waals surface area contributed by atoms with Crippen LogP contribution in [0, 0.1) is 0 Å². The van der Waals surface area contributed by atoms with Crippen LogP contribution in [0.4, 0.5) is 5.69 Å². The Bertz CT molecular complexity index is 754. The molecule has 112 valence electrons. The van der Waals surface area contributed by atoms with E-state index in [9.17, 15) is 9.59 Å². The van der Waals surface area contributed by atoms with Crippen LogP contribution in [0.15, 0.2) is 36.4 Å². The lowest BCUT2D eigenvalue weighted by molar-refractivity contribution is -0.119. The Hall–Kier alpha value is -2.04. The summed E-state index contributed by atoms with van der Waals surface area (Å²) in [5.74, 6) is -0.643. The van der Waals surface area contributed by atoms with Crippen molar-refractivity contribution in [2.45, 2.75) is 13.0 Å². The molecule has 0 spiro atoms. The molecule has 4 nitrogen and oxygen atoms in total. The lowest BCUT2D eigenvalue weighted by Gasteiger charge is -2.17. The zero-order chi connectivity index (χ0) is 15.7. The first-order valence-corrected chi connectivity index (χ1v) is 7.44. The SMILES string of the molecule is O=C1Cc2cc(NCc3c(Cl)cccc3Cl)ccc2C(=O)N1. The summed E-state index contributed by atoms with van der Waals surface area (Å²) in [5.41, 5.74) is 2.85. The molecule has 0 radical (unpaired) electrons. The minimum Gasteiger partial charge on any atom is -0.381 e. The molecule has 1 heterocycles. The van der Waals surface area contributed by atoms with E-state index in [1.807, 2.05) is 0 Å². The number of carbonyl (C=O) groups is 2. The second-order valence-corrected chi connectivity index (χ2v) is 5.79. The molecule has 2 N–H and O–H groups in total. The standard InChI is InChI=1S/C16H12Cl2N2O2/c17-13-2-1-3-14(18)12(13)8-19-10-4-5-11-9(6-10)7-15(21)20-16(11)22/h1-6,19H,7-8H2,(H,20,21,22). The Morgan fingerprint density at radius 1 is 1.09 bits per heavy atom. The van der Waals surface area contributed by atoms with Crippen molar-refractivity contribution < 1.29 is 9.59 Å². The molecule has 1 aliphatic rings. The van der Waals surface area contributed by atoms with E-state index in [-0.39, 0.29) is 18.2 Å². The minimum atomic E-state index is -0.355. The molecule has 3 rings (SSSR count). The molecule has 1 aliphatic heterocycles. The minimum absolute atomic E-state index is 0.198. The number of halogens is 2. The summed E-state index contributed by atoms with van der Waals surface area (Å²) in [6.45, 7) is 0.456. The van der Waals surface area contributed by atoms with E-state index >= 15 is 0 Å². The van der Waals surface area contributed by atoms with Gasteiger partial charge in [0.05, 0.1) is 6.42 Å². The molecule has 0 atom stereocenters. The maximum absolute atomic E-state index is 11.7. The summed E-state index contributed by atoms with van der Waals surface area (Å²) in [6.07, 6.45) is 0.198. The second kappa shape index (κ2) is 5.99. The lowest BCUT2D eigenvalue weighted by Crippen LogP contribution is -2.37. The summed E-state index contributed by atoms with van der Waals surface area (Å²) < 4.78 is 0. The number of benzene rings is 2. The van der Waals surface area contributed by atoms with Crippen molar-refractivity contribution in [2.75, 3.05) is 5.32 Å². The molecule has 2 aromatic carbocycles. The number of hydrogen-bond acceptors (Lipinski definition) is 3. The zero-order valence-corrected chi connectivity index (χ0v) is 13.0. The van der Waals surface area contributed by atoms with Gasteiger partial charge < -0.3 is 5.32 Å². The highest BCUT2D eigenvalue weighted by molar-refractivity contribution is 6.36. The Morgan fingerprint density at radius 3 is 2.55 bits per heavy atom. The van der Waals surface area contributed by atoms with Gasteiger partial charge in [-0.3, -0.25) is 14.9 Å². The van der Waals surface area contributed by atoms with Gasteiger partial charge in [-0.25, -0.2) is 0 Å². The van der Waals surface area contributed by atoms with Crippen molar-refractivity contribution >= 4 is 40.7 Å². The summed E-state index contributed by atoms with van der Waals surface area (Å²) in [5, 5.41) is 6.69. The monoisotopic (exact) mass is 334 g/mol. The van der Waals surface area contributed by atoms with Crippen molar-refractivity contribution in [3.05, 3.63) is 63.1 Å². The topological polar surface area (TPSA) is 58.2 Å². The highest BCUT2D eigenvalue weighted by Gasteiger charge is 2.22. The van der Waals surface area contributed by atoms with Gasteiger partial charge in [0.15, 0.2) is 0 Å². The normalized spacial score (nSPS) is 13.5. The fourth-order valence-corrected chi connectivity index (χ4v) is 2.91. The number of fused-ring (bicyclic) bond motifs is 1. The Labute approximate surface area is 137 Å². The molecule has 22 heavy (non-hydrogen) atoms. The first-order valence-electron chi connectivity index (χ1n) is 6.68. The molecule has 0 saturated heterocycles. The van der Waals surface area contributed by atoms with Gasteiger partial charge in [0.2, 0.25) is 5.91 Å². The number of hydrogen-bond donors (Lipinski definition) is 2. The number of nitrogens with one attached hydrogen (secondary N) is 2. The van der Waals surface area contributed by atoms with Crippen molar-refractivity contribution in [1.29, 1.82) is 0 Å². The van der Waals surface area contributed by atoms with E-state index in [0.29, 0.717) is 27.7 Å². The van der Waals surface area contributed by atoms with E-state index in [4.69, 9.17) is 23.2 Å². The van der Waals surface area contributed by atoms with Crippen LogP contribution in [0.2, 0.25) is 10.0 Å². The molecule has 0 bridgehead atoms. The summed E-state index contributed by atoms with van der Waals surface area (Å²) in [6, 6.07) is 10.6. The molecule has 0 saturated carbocycles. The third-order valence-corrected chi connectivity index (χ3v) is 4.19. The fraction of sp³-hybridized carbons (Fsp3) is 0.125. The van der Waals surface area contributed by atoms with Crippen LogP contribution in [0.25, 0.3) is 0 Å². The number of anilines is 1. The fourth-order valence-electron chi connectivity index (χ4n) is 2.37. The molecule has 0 aromatic heterocycles. The van der Waals surface area contributed by atoms with Gasteiger partial charge >= 0.3 is 0 Å². The summed E-state index contributed by atoms with van der Waals surface area (Å²) in [7, 11) is 0. The predicted molar refractivity (Wildman–Crippen MR) is 86.4 cm³/mol. The van der Waals surface area contributed by atoms with E-state index in [0.717, 1.165) is 11.3 Å². The molecular weight excluding hydrogens is 323 g/mol. The summed E-state index contributed by atoms with van der Waals surface area (Å²) >= 11 is 12.3. The van der Waals surface area contributed by atoms with E-state index in [1.165, 1.54) is 0 Å². The second-order valence-electron chi connectivity index (χ2n) is 4.98. The van der Waals surface area contributed by atoms with Crippen LogP contribution in [-0.2, 0) is 17.8 Å². The number of amides is 2. The predicted octanol–water partition coefficient (Wildman–Crippen LogP) is 3.42. The highest BCUT2D eigenvalue weighted by Crippen LogP contribution is 2.26. The molecule has 6 heteroatoms. The average Bonchev–Trinajstić information content (AvgIpc) is 2.46. The lowest BCUT2D eigenvalue weighted by atomic mass is 9.99. The van der Waals surface area contributed by atoms with Crippen LogP contribution >= 0.6 is 23.2 Å². The molecule has 2 amide bonds. The highest BCUT2D eigenvalue weighted by atomic mass is 35.5. The third kappa shape index (κ3) is 2.93. The Kier molecular flexibility index (Phi) is 4.05. The number of carbonyl (C=O) groups excluding carboxylic acids is 2.